The number of hydrogen-bond acceptors (Lipinski definition) is 5. The van der Waals surface area contributed by atoms with E-state index in [0.29, 0.717) is 18.1 Å². The third-order valence-electron chi connectivity index (χ3n) is 2.05. The van der Waals surface area contributed by atoms with E-state index < -0.39 is 15.1 Å². The fraction of sp³-hybridized carbons (Fsp3) is 0.571. The molecule has 2 rings (SSSR count). The molecule has 2 heterocycles. The smallest absolute Gasteiger partial charge is 0.162 e. The Morgan fingerprint density at radius 3 is 3.08 bits per heavy atom. The molecule has 1 N–H and O–H groups in total. The Balaban J connectivity index is 2.32. The number of nitrogens with one attached hydrogen (secondary N) is 1. The predicted octanol–water partition coefficient (Wildman–Crippen LogP) is 0.202. The first-order valence-electron chi connectivity index (χ1n) is 4.02. The van der Waals surface area contributed by atoms with Gasteiger partial charge in [-0.3, -0.25) is 0 Å². The van der Waals surface area contributed by atoms with Crippen LogP contribution in [0.15, 0.2) is 11.6 Å². The molecule has 1 aromatic rings. The van der Waals surface area contributed by atoms with E-state index in [2.05, 4.69) is 10.3 Å². The second kappa shape index (κ2) is 3.36. The van der Waals surface area contributed by atoms with Gasteiger partial charge in [-0.2, -0.15) is 0 Å². The molecule has 1 fully saturated rings. The molecule has 0 aromatic carbocycles. The lowest BCUT2D eigenvalue weighted by Crippen LogP contribution is -2.38. The molecule has 72 valence electrons. The van der Waals surface area contributed by atoms with Crippen LogP contribution < -0.4 is 5.32 Å². The van der Waals surface area contributed by atoms with Crippen LogP contribution in [0.25, 0.3) is 0 Å². The first-order valence-corrected chi connectivity index (χ1v) is 6.61. The number of thiazole rings is 1. The molecule has 1 atom stereocenters. The third kappa shape index (κ3) is 1.74. The fourth-order valence-corrected chi connectivity index (χ4v) is 4.03. The van der Waals surface area contributed by atoms with Crippen LogP contribution in [0.2, 0.25) is 0 Å². The van der Waals surface area contributed by atoms with E-state index in [1.807, 2.05) is 0 Å². The molecular weight excluding hydrogens is 208 g/mol. The van der Waals surface area contributed by atoms with E-state index >= 15 is 0 Å². The van der Waals surface area contributed by atoms with Gasteiger partial charge in [0.25, 0.3) is 0 Å². The summed E-state index contributed by atoms with van der Waals surface area (Å²) in [6.45, 7) is 1.06. The topological polar surface area (TPSA) is 59.1 Å². The average Bonchev–Trinajstić information content (AvgIpc) is 2.55. The zero-order valence-electron chi connectivity index (χ0n) is 6.93. The molecule has 13 heavy (non-hydrogen) atoms. The molecule has 1 saturated heterocycles. The number of nitrogens with zero attached hydrogens (tertiary/aromatic N) is 1. The van der Waals surface area contributed by atoms with Crippen molar-refractivity contribution in [2.24, 2.45) is 0 Å². The standard InChI is InChI=1S/C7H10N2O2S2/c10-13(11)4-2-8-5-6(13)7-9-1-3-12-7/h1,3,6,8H,2,4-5H2. The maximum atomic E-state index is 11.6. The normalized spacial score (nSPS) is 27.2. The van der Waals surface area contributed by atoms with Crippen LogP contribution in [0.4, 0.5) is 0 Å². The first kappa shape index (κ1) is 9.11. The van der Waals surface area contributed by atoms with E-state index in [1.54, 1.807) is 11.6 Å². The van der Waals surface area contributed by atoms with Crippen LogP contribution >= 0.6 is 11.3 Å². The van der Waals surface area contributed by atoms with Crippen LogP contribution in [0.1, 0.15) is 10.3 Å². The molecule has 0 bridgehead atoms. The third-order valence-corrected chi connectivity index (χ3v) is 5.12. The Labute approximate surface area is 80.9 Å². The number of rotatable bonds is 1. The minimum atomic E-state index is -2.96. The summed E-state index contributed by atoms with van der Waals surface area (Å²) in [4.78, 5) is 4.03. The Morgan fingerprint density at radius 1 is 1.62 bits per heavy atom. The maximum absolute atomic E-state index is 11.6. The van der Waals surface area contributed by atoms with Crippen molar-refractivity contribution in [2.45, 2.75) is 5.25 Å². The summed E-state index contributed by atoms with van der Waals surface area (Å²) in [5, 5.41) is 5.14. The molecular formula is C7H10N2O2S2. The highest BCUT2D eigenvalue weighted by atomic mass is 32.2. The molecule has 0 amide bonds. The summed E-state index contributed by atoms with van der Waals surface area (Å²) in [5.41, 5.74) is 0. The van der Waals surface area contributed by atoms with Crippen molar-refractivity contribution < 1.29 is 8.42 Å². The molecule has 1 aliphatic rings. The highest BCUT2D eigenvalue weighted by Crippen LogP contribution is 2.25. The van der Waals surface area contributed by atoms with E-state index in [1.165, 1.54) is 11.3 Å². The van der Waals surface area contributed by atoms with Gasteiger partial charge in [-0.05, 0) is 0 Å². The Kier molecular flexibility index (Phi) is 2.35. The van der Waals surface area contributed by atoms with Gasteiger partial charge in [0.15, 0.2) is 9.84 Å². The van der Waals surface area contributed by atoms with Crippen molar-refractivity contribution >= 4 is 21.2 Å². The zero-order chi connectivity index (χ0) is 9.31. The van der Waals surface area contributed by atoms with Crippen molar-refractivity contribution in [3.05, 3.63) is 16.6 Å². The highest BCUT2D eigenvalue weighted by Gasteiger charge is 2.31. The molecule has 6 heteroatoms. The second-order valence-corrected chi connectivity index (χ2v) is 6.16. The summed E-state index contributed by atoms with van der Waals surface area (Å²) in [6.07, 6.45) is 1.64. The van der Waals surface area contributed by atoms with Gasteiger partial charge in [0.1, 0.15) is 10.3 Å². The van der Waals surface area contributed by atoms with Crippen LogP contribution in [0, 0.1) is 0 Å². The van der Waals surface area contributed by atoms with E-state index in [4.69, 9.17) is 0 Å². The highest BCUT2D eigenvalue weighted by molar-refractivity contribution is 7.91. The van der Waals surface area contributed by atoms with Crippen LogP contribution in [-0.2, 0) is 9.84 Å². The summed E-state index contributed by atoms with van der Waals surface area (Å²) in [7, 11) is -2.96. The lowest BCUT2D eigenvalue weighted by Gasteiger charge is -2.21. The molecule has 4 nitrogen and oxygen atoms in total. The SMILES string of the molecule is O=S1(=O)CCNCC1c1nccs1. The summed E-state index contributed by atoms with van der Waals surface area (Å²) >= 11 is 1.40. The average molecular weight is 218 g/mol. The number of aromatic nitrogens is 1. The molecule has 1 aliphatic heterocycles. The Hall–Kier alpha value is -0.460. The van der Waals surface area contributed by atoms with E-state index in [0.717, 1.165) is 0 Å². The summed E-state index contributed by atoms with van der Waals surface area (Å²) < 4.78 is 23.2. The summed E-state index contributed by atoms with van der Waals surface area (Å²) in [5.74, 6) is 0.219. The molecule has 0 saturated carbocycles. The Morgan fingerprint density at radius 2 is 2.46 bits per heavy atom. The van der Waals surface area contributed by atoms with Gasteiger partial charge in [-0.1, -0.05) is 0 Å². The molecule has 0 aliphatic carbocycles. The maximum Gasteiger partial charge on any atom is 0.162 e. The van der Waals surface area contributed by atoms with Crippen molar-refractivity contribution in [1.82, 2.24) is 10.3 Å². The minimum absolute atomic E-state index is 0.219. The van der Waals surface area contributed by atoms with Crippen molar-refractivity contribution in [3.8, 4) is 0 Å². The van der Waals surface area contributed by atoms with Crippen LogP contribution in [0.5, 0.6) is 0 Å². The second-order valence-electron chi connectivity index (χ2n) is 2.93. The summed E-state index contributed by atoms with van der Waals surface area (Å²) in [6, 6.07) is 0. The van der Waals surface area contributed by atoms with Crippen molar-refractivity contribution in [3.63, 3.8) is 0 Å². The van der Waals surface area contributed by atoms with Crippen molar-refractivity contribution in [2.75, 3.05) is 18.8 Å². The lowest BCUT2D eigenvalue weighted by atomic mass is 10.4. The Bertz CT molecular complexity index is 371. The quantitative estimate of drug-likeness (QED) is 0.731. The number of hydrogen-bond donors (Lipinski definition) is 1. The monoisotopic (exact) mass is 218 g/mol. The number of sulfone groups is 1. The minimum Gasteiger partial charge on any atom is -0.314 e. The van der Waals surface area contributed by atoms with Crippen LogP contribution in [-0.4, -0.2) is 32.2 Å². The van der Waals surface area contributed by atoms with Gasteiger partial charge >= 0.3 is 0 Å². The molecule has 1 unspecified atom stereocenters. The van der Waals surface area contributed by atoms with E-state index in [-0.39, 0.29) is 5.75 Å². The molecule has 0 radical (unpaired) electrons. The molecule has 0 spiro atoms. The van der Waals surface area contributed by atoms with Gasteiger partial charge in [-0.15, -0.1) is 11.3 Å². The zero-order valence-corrected chi connectivity index (χ0v) is 8.57. The van der Waals surface area contributed by atoms with Gasteiger partial charge in [0, 0.05) is 24.7 Å². The van der Waals surface area contributed by atoms with Gasteiger partial charge in [0.2, 0.25) is 0 Å². The van der Waals surface area contributed by atoms with Gasteiger partial charge in [0.05, 0.1) is 5.75 Å². The predicted molar refractivity (Wildman–Crippen MR) is 51.5 cm³/mol. The first-order chi connectivity index (χ1) is 6.20. The van der Waals surface area contributed by atoms with Gasteiger partial charge in [-0.25, -0.2) is 13.4 Å². The lowest BCUT2D eigenvalue weighted by molar-refractivity contribution is 0.550. The fourth-order valence-electron chi connectivity index (χ4n) is 1.35. The molecule has 1 aromatic heterocycles. The van der Waals surface area contributed by atoms with Crippen molar-refractivity contribution in [1.29, 1.82) is 0 Å². The largest absolute Gasteiger partial charge is 0.314 e. The van der Waals surface area contributed by atoms with Gasteiger partial charge < -0.3 is 5.32 Å². The van der Waals surface area contributed by atoms with E-state index in [9.17, 15) is 8.42 Å². The van der Waals surface area contributed by atoms with Crippen LogP contribution in [0.3, 0.4) is 0 Å².